The molecule has 0 heterocycles. The zero-order valence-electron chi connectivity index (χ0n) is 8.40. The van der Waals surface area contributed by atoms with E-state index in [9.17, 15) is 5.11 Å². The molecule has 1 unspecified atom stereocenters. The minimum atomic E-state index is -0.378. The molecule has 0 aliphatic rings. The highest BCUT2D eigenvalue weighted by molar-refractivity contribution is 9.10. The SMILES string of the molecule is COc1ccc(C(N)CCO)c(O)c1Br. The number of aliphatic hydroxyl groups is 1. The highest BCUT2D eigenvalue weighted by Gasteiger charge is 2.15. The van der Waals surface area contributed by atoms with Crippen molar-refractivity contribution in [1.82, 2.24) is 0 Å². The molecule has 0 aliphatic heterocycles. The van der Waals surface area contributed by atoms with Crippen LogP contribution in [0.3, 0.4) is 0 Å². The first-order chi connectivity index (χ1) is 7.11. The molecule has 1 aromatic rings. The Bertz CT molecular complexity index is 344. The summed E-state index contributed by atoms with van der Waals surface area (Å²) in [4.78, 5) is 0. The summed E-state index contributed by atoms with van der Waals surface area (Å²) in [6.07, 6.45) is 0.409. The molecule has 1 atom stereocenters. The Balaban J connectivity index is 3.06. The number of rotatable bonds is 4. The molecule has 1 aromatic carbocycles. The Morgan fingerprint density at radius 1 is 1.53 bits per heavy atom. The van der Waals surface area contributed by atoms with Gasteiger partial charge in [-0.3, -0.25) is 0 Å². The van der Waals surface area contributed by atoms with Crippen molar-refractivity contribution in [3.8, 4) is 11.5 Å². The number of halogens is 1. The van der Waals surface area contributed by atoms with E-state index in [-0.39, 0.29) is 18.4 Å². The van der Waals surface area contributed by atoms with Gasteiger partial charge in [-0.15, -0.1) is 0 Å². The van der Waals surface area contributed by atoms with Crippen LogP contribution in [-0.2, 0) is 0 Å². The van der Waals surface area contributed by atoms with Crippen molar-refractivity contribution in [1.29, 1.82) is 0 Å². The van der Waals surface area contributed by atoms with E-state index in [0.717, 1.165) is 0 Å². The monoisotopic (exact) mass is 275 g/mol. The number of aromatic hydroxyl groups is 1. The van der Waals surface area contributed by atoms with E-state index in [2.05, 4.69) is 15.9 Å². The lowest BCUT2D eigenvalue weighted by Gasteiger charge is -2.14. The third-order valence-corrected chi connectivity index (χ3v) is 2.94. The summed E-state index contributed by atoms with van der Waals surface area (Å²) in [5.74, 6) is 0.614. The number of hydrogen-bond donors (Lipinski definition) is 3. The predicted molar refractivity (Wildman–Crippen MR) is 61.0 cm³/mol. The lowest BCUT2D eigenvalue weighted by Crippen LogP contribution is -2.12. The van der Waals surface area contributed by atoms with Crippen LogP contribution in [0.25, 0.3) is 0 Å². The maximum absolute atomic E-state index is 9.82. The van der Waals surface area contributed by atoms with Crippen molar-refractivity contribution in [2.24, 2.45) is 5.73 Å². The van der Waals surface area contributed by atoms with E-state index >= 15 is 0 Å². The van der Waals surface area contributed by atoms with Crippen LogP contribution < -0.4 is 10.5 Å². The summed E-state index contributed by atoms with van der Waals surface area (Å²) < 4.78 is 5.51. The number of ether oxygens (including phenoxy) is 1. The second-order valence-electron chi connectivity index (χ2n) is 3.14. The first-order valence-corrected chi connectivity index (χ1v) is 5.33. The maximum Gasteiger partial charge on any atom is 0.138 e. The summed E-state index contributed by atoms with van der Waals surface area (Å²) >= 11 is 3.22. The van der Waals surface area contributed by atoms with Gasteiger partial charge in [-0.2, -0.15) is 0 Å². The Kier molecular flexibility index (Phi) is 4.38. The highest BCUT2D eigenvalue weighted by Crippen LogP contribution is 2.38. The number of hydrogen-bond acceptors (Lipinski definition) is 4. The Morgan fingerprint density at radius 2 is 2.20 bits per heavy atom. The zero-order valence-corrected chi connectivity index (χ0v) is 9.99. The maximum atomic E-state index is 9.82. The Hall–Kier alpha value is -0.780. The van der Waals surface area contributed by atoms with Gasteiger partial charge in [-0.05, 0) is 34.5 Å². The Labute approximate surface area is 96.8 Å². The number of phenols is 1. The van der Waals surface area contributed by atoms with Crippen LogP contribution in [0.4, 0.5) is 0 Å². The number of aliphatic hydroxyl groups excluding tert-OH is 1. The fourth-order valence-electron chi connectivity index (χ4n) is 1.31. The average molecular weight is 276 g/mol. The lowest BCUT2D eigenvalue weighted by atomic mass is 10.0. The summed E-state index contributed by atoms with van der Waals surface area (Å²) in [5, 5.41) is 18.6. The van der Waals surface area contributed by atoms with Gasteiger partial charge in [0.2, 0.25) is 0 Å². The van der Waals surface area contributed by atoms with Gasteiger partial charge in [-0.25, -0.2) is 0 Å². The molecule has 15 heavy (non-hydrogen) atoms. The first-order valence-electron chi connectivity index (χ1n) is 4.53. The molecule has 1 rings (SSSR count). The van der Waals surface area contributed by atoms with Gasteiger partial charge >= 0.3 is 0 Å². The van der Waals surface area contributed by atoms with E-state index in [0.29, 0.717) is 22.2 Å². The zero-order chi connectivity index (χ0) is 11.4. The van der Waals surface area contributed by atoms with Gasteiger partial charge in [-0.1, -0.05) is 0 Å². The van der Waals surface area contributed by atoms with Gasteiger partial charge in [0.15, 0.2) is 0 Å². The standard InChI is InChI=1S/C10H14BrNO3/c1-15-8-3-2-6(7(12)4-5-13)10(14)9(8)11/h2-3,7,13-14H,4-5,12H2,1H3. The van der Waals surface area contributed by atoms with Gasteiger partial charge in [0.05, 0.1) is 7.11 Å². The molecule has 0 aromatic heterocycles. The summed E-state index contributed by atoms with van der Waals surface area (Å²) in [6, 6.07) is 3.03. The van der Waals surface area contributed by atoms with Gasteiger partial charge in [0.25, 0.3) is 0 Å². The summed E-state index contributed by atoms with van der Waals surface area (Å²) in [7, 11) is 1.52. The summed E-state index contributed by atoms with van der Waals surface area (Å²) in [6.45, 7) is -0.00967. The molecule has 0 saturated heterocycles. The molecule has 4 nitrogen and oxygen atoms in total. The van der Waals surface area contributed by atoms with Crippen molar-refractivity contribution < 1.29 is 14.9 Å². The quantitative estimate of drug-likeness (QED) is 0.779. The van der Waals surface area contributed by atoms with Crippen LogP contribution in [0.1, 0.15) is 18.0 Å². The molecule has 0 bridgehead atoms. The minimum Gasteiger partial charge on any atom is -0.506 e. The van der Waals surface area contributed by atoms with E-state index in [1.165, 1.54) is 7.11 Å². The molecule has 5 heteroatoms. The van der Waals surface area contributed by atoms with Crippen molar-refractivity contribution in [3.05, 3.63) is 22.2 Å². The average Bonchev–Trinajstić information content (AvgIpc) is 2.22. The second-order valence-corrected chi connectivity index (χ2v) is 3.93. The molecule has 0 fully saturated rings. The van der Waals surface area contributed by atoms with Gasteiger partial charge < -0.3 is 20.7 Å². The van der Waals surface area contributed by atoms with E-state index in [4.69, 9.17) is 15.6 Å². The summed E-state index contributed by atoms with van der Waals surface area (Å²) in [5.41, 5.74) is 6.38. The third kappa shape index (κ3) is 2.62. The molecule has 0 amide bonds. The fraction of sp³-hybridized carbons (Fsp3) is 0.400. The number of nitrogens with two attached hydrogens (primary N) is 1. The molecule has 0 spiro atoms. The number of methoxy groups -OCH3 is 1. The molecule has 0 radical (unpaired) electrons. The van der Waals surface area contributed by atoms with Crippen molar-refractivity contribution in [2.45, 2.75) is 12.5 Å². The van der Waals surface area contributed by atoms with E-state index in [1.54, 1.807) is 12.1 Å². The smallest absolute Gasteiger partial charge is 0.138 e. The Morgan fingerprint density at radius 3 is 2.73 bits per heavy atom. The van der Waals surface area contributed by atoms with E-state index < -0.39 is 0 Å². The van der Waals surface area contributed by atoms with Crippen LogP contribution >= 0.6 is 15.9 Å². The topological polar surface area (TPSA) is 75.7 Å². The van der Waals surface area contributed by atoms with Crippen LogP contribution in [0.15, 0.2) is 16.6 Å². The third-order valence-electron chi connectivity index (χ3n) is 2.17. The van der Waals surface area contributed by atoms with Crippen LogP contribution in [0.5, 0.6) is 11.5 Å². The van der Waals surface area contributed by atoms with Gasteiger partial charge in [0.1, 0.15) is 16.0 Å². The van der Waals surface area contributed by atoms with Crippen molar-refractivity contribution >= 4 is 15.9 Å². The molecule has 0 aliphatic carbocycles. The number of benzene rings is 1. The second kappa shape index (κ2) is 5.34. The largest absolute Gasteiger partial charge is 0.506 e. The van der Waals surface area contributed by atoms with Crippen LogP contribution in [0.2, 0.25) is 0 Å². The van der Waals surface area contributed by atoms with E-state index in [1.807, 2.05) is 0 Å². The van der Waals surface area contributed by atoms with Crippen LogP contribution in [0, 0.1) is 0 Å². The molecule has 4 N–H and O–H groups in total. The predicted octanol–water partition coefficient (Wildman–Crippen LogP) is 1.55. The van der Waals surface area contributed by atoms with Crippen LogP contribution in [-0.4, -0.2) is 23.9 Å². The minimum absolute atomic E-state index is 0.00967. The molecule has 0 saturated carbocycles. The first kappa shape index (κ1) is 12.3. The fourth-order valence-corrected chi connectivity index (χ4v) is 1.84. The number of phenolic OH excluding ortho intramolecular Hbond substituents is 1. The molecular formula is C10H14BrNO3. The molecule has 84 valence electrons. The normalized spacial score (nSPS) is 12.5. The lowest BCUT2D eigenvalue weighted by molar-refractivity contribution is 0.275. The van der Waals surface area contributed by atoms with Gasteiger partial charge in [0, 0.05) is 18.2 Å². The molecular weight excluding hydrogens is 262 g/mol. The van der Waals surface area contributed by atoms with Crippen molar-refractivity contribution in [2.75, 3.05) is 13.7 Å². The highest BCUT2D eigenvalue weighted by atomic mass is 79.9. The van der Waals surface area contributed by atoms with Crippen molar-refractivity contribution in [3.63, 3.8) is 0 Å².